The van der Waals surface area contributed by atoms with Crippen LogP contribution < -0.4 is 10.5 Å². The molecule has 5 heteroatoms. The van der Waals surface area contributed by atoms with Gasteiger partial charge in [-0.3, -0.25) is 0 Å². The number of aryl methyl sites for hydroxylation is 2. The van der Waals surface area contributed by atoms with E-state index in [1.807, 2.05) is 37.3 Å². The van der Waals surface area contributed by atoms with Crippen LogP contribution in [0, 0.1) is 6.92 Å². The normalized spacial score (nSPS) is 10.5. The van der Waals surface area contributed by atoms with Gasteiger partial charge in [0.2, 0.25) is 0 Å². The molecule has 2 rings (SSSR count). The van der Waals surface area contributed by atoms with E-state index in [9.17, 15) is 0 Å². The number of ether oxygens (including phenoxy) is 1. The van der Waals surface area contributed by atoms with Crippen molar-refractivity contribution in [2.45, 2.75) is 32.6 Å². The maximum atomic E-state index is 5.68. The van der Waals surface area contributed by atoms with Crippen molar-refractivity contribution in [2.75, 3.05) is 6.61 Å². The Bertz CT molecular complexity index is 578. The number of benzene rings is 1. The van der Waals surface area contributed by atoms with Crippen LogP contribution in [0.1, 0.15) is 36.3 Å². The van der Waals surface area contributed by atoms with Gasteiger partial charge in [-0.1, -0.05) is 17.4 Å². The minimum absolute atomic E-state index is 0.407. The first-order chi connectivity index (χ1) is 10.1. The van der Waals surface area contributed by atoms with E-state index in [1.165, 1.54) is 0 Å². The molecule has 0 saturated carbocycles. The number of rotatable bonds is 8. The first-order valence-corrected chi connectivity index (χ1v) is 7.51. The lowest BCUT2D eigenvalue weighted by Gasteiger charge is -2.06. The van der Waals surface area contributed by atoms with Crippen molar-refractivity contribution < 1.29 is 9.26 Å². The molecule has 2 N–H and O–H groups in total. The van der Waals surface area contributed by atoms with Crippen molar-refractivity contribution in [1.82, 2.24) is 5.16 Å². The fourth-order valence-corrected chi connectivity index (χ4v) is 2.15. The molecular formula is C16H20N2O2S. The second kappa shape index (κ2) is 7.78. The van der Waals surface area contributed by atoms with Gasteiger partial charge in [0.25, 0.3) is 0 Å². The number of aromatic nitrogens is 1. The molecular weight excluding hydrogens is 284 g/mol. The Hall–Kier alpha value is -1.88. The van der Waals surface area contributed by atoms with Gasteiger partial charge in [-0.15, -0.1) is 0 Å². The Morgan fingerprint density at radius 3 is 2.62 bits per heavy atom. The zero-order valence-corrected chi connectivity index (χ0v) is 13.0. The molecule has 0 radical (unpaired) electrons. The lowest BCUT2D eigenvalue weighted by Crippen LogP contribution is -2.08. The Balaban J connectivity index is 1.60. The Labute approximate surface area is 130 Å². The highest BCUT2D eigenvalue weighted by atomic mass is 32.1. The molecule has 0 bridgehead atoms. The van der Waals surface area contributed by atoms with E-state index in [-0.39, 0.29) is 0 Å². The maximum absolute atomic E-state index is 5.68. The topological polar surface area (TPSA) is 61.3 Å². The molecule has 0 aliphatic heterocycles. The van der Waals surface area contributed by atoms with Crippen LogP contribution in [0.5, 0.6) is 5.75 Å². The summed E-state index contributed by atoms with van der Waals surface area (Å²) in [5, 5.41) is 3.87. The summed E-state index contributed by atoms with van der Waals surface area (Å²) in [5.41, 5.74) is 7.35. The van der Waals surface area contributed by atoms with Gasteiger partial charge >= 0.3 is 0 Å². The molecule has 1 heterocycles. The van der Waals surface area contributed by atoms with Crippen molar-refractivity contribution in [3.8, 4) is 5.75 Å². The zero-order valence-electron chi connectivity index (χ0n) is 12.2. The predicted molar refractivity (Wildman–Crippen MR) is 86.6 cm³/mol. The van der Waals surface area contributed by atoms with Crippen molar-refractivity contribution in [3.63, 3.8) is 0 Å². The Morgan fingerprint density at radius 2 is 2.00 bits per heavy atom. The minimum atomic E-state index is 0.407. The fraction of sp³-hybridized carbons (Fsp3) is 0.375. The molecule has 0 aliphatic rings. The van der Waals surface area contributed by atoms with Gasteiger partial charge in [0.15, 0.2) is 0 Å². The third kappa shape index (κ3) is 5.19. The average molecular weight is 304 g/mol. The maximum Gasteiger partial charge on any atom is 0.136 e. The second-order valence-corrected chi connectivity index (χ2v) is 5.42. The van der Waals surface area contributed by atoms with E-state index in [0.717, 1.165) is 48.5 Å². The van der Waals surface area contributed by atoms with Crippen LogP contribution in [-0.4, -0.2) is 16.8 Å². The molecule has 0 amide bonds. The van der Waals surface area contributed by atoms with E-state index in [1.54, 1.807) is 0 Å². The molecule has 0 aliphatic carbocycles. The van der Waals surface area contributed by atoms with Gasteiger partial charge in [0.1, 0.15) is 16.5 Å². The van der Waals surface area contributed by atoms with Crippen LogP contribution in [0.3, 0.4) is 0 Å². The Kier molecular flexibility index (Phi) is 5.75. The molecule has 0 spiro atoms. The molecule has 0 atom stereocenters. The summed E-state index contributed by atoms with van der Waals surface area (Å²) in [6.07, 6.45) is 4.14. The van der Waals surface area contributed by atoms with Crippen LogP contribution in [-0.2, 0) is 6.42 Å². The minimum Gasteiger partial charge on any atom is -0.494 e. The summed E-state index contributed by atoms with van der Waals surface area (Å²) in [5.74, 6) is 1.81. The standard InChI is InChI=1S/C16H20N2O2S/c1-12-11-15(20-18-12)5-3-2-4-10-19-14-8-6-13(7-9-14)16(17)21/h6-9,11H,2-5,10H2,1H3,(H2,17,21). The Morgan fingerprint density at radius 1 is 1.24 bits per heavy atom. The highest BCUT2D eigenvalue weighted by molar-refractivity contribution is 7.80. The van der Waals surface area contributed by atoms with Crippen molar-refractivity contribution >= 4 is 17.2 Å². The molecule has 1 aromatic carbocycles. The molecule has 21 heavy (non-hydrogen) atoms. The average Bonchev–Trinajstić information content (AvgIpc) is 2.89. The second-order valence-electron chi connectivity index (χ2n) is 4.98. The number of thiocarbonyl (C=S) groups is 1. The van der Waals surface area contributed by atoms with E-state index in [2.05, 4.69) is 5.16 Å². The molecule has 0 fully saturated rings. The first kappa shape index (κ1) is 15.5. The third-order valence-electron chi connectivity index (χ3n) is 3.15. The summed E-state index contributed by atoms with van der Waals surface area (Å²) >= 11 is 4.91. The lowest BCUT2D eigenvalue weighted by atomic mass is 10.1. The highest BCUT2D eigenvalue weighted by Crippen LogP contribution is 2.13. The van der Waals surface area contributed by atoms with Crippen LogP contribution in [0.2, 0.25) is 0 Å². The van der Waals surface area contributed by atoms with E-state index in [4.69, 9.17) is 27.2 Å². The summed E-state index contributed by atoms with van der Waals surface area (Å²) in [7, 11) is 0. The SMILES string of the molecule is Cc1cc(CCCCCOc2ccc(C(N)=S)cc2)on1. The van der Waals surface area contributed by atoms with E-state index in [0.29, 0.717) is 11.6 Å². The van der Waals surface area contributed by atoms with E-state index < -0.39 is 0 Å². The summed E-state index contributed by atoms with van der Waals surface area (Å²) in [4.78, 5) is 0.407. The third-order valence-corrected chi connectivity index (χ3v) is 3.39. The molecule has 2 aromatic rings. The quantitative estimate of drug-likeness (QED) is 0.598. The van der Waals surface area contributed by atoms with Crippen molar-refractivity contribution in [3.05, 3.63) is 47.3 Å². The van der Waals surface area contributed by atoms with Gasteiger partial charge in [0.05, 0.1) is 12.3 Å². The van der Waals surface area contributed by atoms with Crippen molar-refractivity contribution in [1.29, 1.82) is 0 Å². The van der Waals surface area contributed by atoms with Crippen LogP contribution in [0.4, 0.5) is 0 Å². The zero-order chi connectivity index (χ0) is 15.1. The molecule has 0 unspecified atom stereocenters. The molecule has 4 nitrogen and oxygen atoms in total. The van der Waals surface area contributed by atoms with Gasteiger partial charge in [-0.05, 0) is 50.5 Å². The van der Waals surface area contributed by atoms with E-state index >= 15 is 0 Å². The van der Waals surface area contributed by atoms with Crippen molar-refractivity contribution in [2.24, 2.45) is 5.73 Å². The van der Waals surface area contributed by atoms with Gasteiger partial charge in [-0.2, -0.15) is 0 Å². The number of hydrogen-bond donors (Lipinski definition) is 1. The van der Waals surface area contributed by atoms with Gasteiger partial charge < -0.3 is 15.0 Å². The van der Waals surface area contributed by atoms with Crippen LogP contribution in [0.25, 0.3) is 0 Å². The van der Waals surface area contributed by atoms with Crippen LogP contribution in [0.15, 0.2) is 34.9 Å². The molecule has 112 valence electrons. The smallest absolute Gasteiger partial charge is 0.136 e. The fourth-order valence-electron chi connectivity index (χ4n) is 2.02. The number of hydrogen-bond acceptors (Lipinski definition) is 4. The largest absolute Gasteiger partial charge is 0.494 e. The monoisotopic (exact) mass is 304 g/mol. The molecule has 1 aromatic heterocycles. The molecule has 0 saturated heterocycles. The lowest BCUT2D eigenvalue weighted by molar-refractivity contribution is 0.303. The number of nitrogens with two attached hydrogens (primary N) is 1. The highest BCUT2D eigenvalue weighted by Gasteiger charge is 2.01. The predicted octanol–water partition coefficient (Wildman–Crippen LogP) is 3.41. The van der Waals surface area contributed by atoms with Gasteiger partial charge in [-0.25, -0.2) is 0 Å². The summed E-state index contributed by atoms with van der Waals surface area (Å²) in [6, 6.07) is 9.53. The van der Waals surface area contributed by atoms with Gasteiger partial charge in [0, 0.05) is 18.1 Å². The number of unbranched alkanes of at least 4 members (excludes halogenated alkanes) is 2. The van der Waals surface area contributed by atoms with Crippen LogP contribution >= 0.6 is 12.2 Å². The summed E-state index contributed by atoms with van der Waals surface area (Å²) in [6.45, 7) is 2.64. The summed E-state index contributed by atoms with van der Waals surface area (Å²) < 4.78 is 10.8. The number of nitrogens with zero attached hydrogens (tertiary/aromatic N) is 1. The first-order valence-electron chi connectivity index (χ1n) is 7.10.